The lowest BCUT2D eigenvalue weighted by molar-refractivity contribution is -0.140. The van der Waals surface area contributed by atoms with Gasteiger partial charge in [0.2, 0.25) is 0 Å². The Kier molecular flexibility index (Phi) is 5.74. The third kappa shape index (κ3) is 5.25. The molecule has 0 radical (unpaired) electrons. The summed E-state index contributed by atoms with van der Waals surface area (Å²) < 4.78 is 0.850. The average Bonchev–Trinajstić information content (AvgIpc) is 2.33. The second-order valence-electron chi connectivity index (χ2n) is 3.81. The summed E-state index contributed by atoms with van der Waals surface area (Å²) in [7, 11) is 0. The summed E-state index contributed by atoms with van der Waals surface area (Å²) in [5.74, 6) is -2.88. The molecule has 0 saturated heterocycles. The standard InChI is InChI=1S/C12H12INO5/c13-8-3-1-2-7(6-8)11(17)14-9(12(18)19)4-5-10(15)16/h1-3,6,9H,4-5H2,(H,14,17)(H,15,16)(H,18,19)/t9-/m0/s1. The van der Waals surface area contributed by atoms with Gasteiger partial charge in [-0.05, 0) is 47.2 Å². The summed E-state index contributed by atoms with van der Waals surface area (Å²) in [4.78, 5) is 33.2. The summed E-state index contributed by atoms with van der Waals surface area (Å²) in [6.45, 7) is 0. The third-order valence-electron chi connectivity index (χ3n) is 2.34. The Morgan fingerprint density at radius 1 is 1.26 bits per heavy atom. The van der Waals surface area contributed by atoms with Crippen molar-refractivity contribution in [3.05, 3.63) is 33.4 Å². The number of aliphatic carboxylic acids is 2. The Bertz CT molecular complexity index is 503. The third-order valence-corrected chi connectivity index (χ3v) is 3.01. The number of carbonyl (C=O) groups excluding carboxylic acids is 1. The average molecular weight is 377 g/mol. The topological polar surface area (TPSA) is 104 Å². The molecule has 19 heavy (non-hydrogen) atoms. The number of benzene rings is 1. The monoisotopic (exact) mass is 377 g/mol. The molecule has 0 unspecified atom stereocenters. The van der Waals surface area contributed by atoms with Crippen molar-refractivity contribution in [3.8, 4) is 0 Å². The second kappa shape index (κ2) is 7.07. The molecule has 0 aliphatic rings. The largest absolute Gasteiger partial charge is 0.481 e. The fourth-order valence-electron chi connectivity index (χ4n) is 1.40. The van der Waals surface area contributed by atoms with Crippen LogP contribution in [0.15, 0.2) is 24.3 Å². The van der Waals surface area contributed by atoms with Gasteiger partial charge >= 0.3 is 11.9 Å². The molecule has 1 amide bonds. The van der Waals surface area contributed by atoms with E-state index in [-0.39, 0.29) is 12.8 Å². The van der Waals surface area contributed by atoms with Gasteiger partial charge in [0, 0.05) is 15.6 Å². The van der Waals surface area contributed by atoms with Gasteiger partial charge in [0.1, 0.15) is 6.04 Å². The first kappa shape index (κ1) is 15.4. The Hall–Kier alpha value is -1.64. The lowest BCUT2D eigenvalue weighted by Crippen LogP contribution is -2.41. The first-order valence-electron chi connectivity index (χ1n) is 5.41. The molecule has 0 aliphatic carbocycles. The Labute approximate surface area is 123 Å². The molecule has 1 rings (SSSR count). The molecule has 0 aliphatic heterocycles. The van der Waals surface area contributed by atoms with E-state index in [1.807, 2.05) is 22.6 Å². The molecule has 3 N–H and O–H groups in total. The van der Waals surface area contributed by atoms with Crippen molar-refractivity contribution >= 4 is 40.4 Å². The number of nitrogens with one attached hydrogen (secondary N) is 1. The fraction of sp³-hybridized carbons (Fsp3) is 0.250. The maximum atomic E-state index is 11.8. The molecular weight excluding hydrogens is 365 g/mol. The highest BCUT2D eigenvalue weighted by Crippen LogP contribution is 2.08. The number of halogens is 1. The van der Waals surface area contributed by atoms with Crippen molar-refractivity contribution in [2.24, 2.45) is 0 Å². The van der Waals surface area contributed by atoms with Crippen LogP contribution in [-0.2, 0) is 9.59 Å². The van der Waals surface area contributed by atoms with Crippen molar-refractivity contribution in [3.63, 3.8) is 0 Å². The molecule has 0 saturated carbocycles. The zero-order chi connectivity index (χ0) is 14.4. The Morgan fingerprint density at radius 3 is 2.47 bits per heavy atom. The summed E-state index contributed by atoms with van der Waals surface area (Å²) in [6, 6.07) is 5.46. The van der Waals surface area contributed by atoms with Crippen LogP contribution in [0.25, 0.3) is 0 Å². The second-order valence-corrected chi connectivity index (χ2v) is 5.05. The normalized spacial score (nSPS) is 11.6. The SMILES string of the molecule is O=C(O)CC[C@H](NC(=O)c1cccc(I)c1)C(=O)O. The van der Waals surface area contributed by atoms with E-state index in [2.05, 4.69) is 5.32 Å². The number of carboxylic acids is 2. The van der Waals surface area contributed by atoms with E-state index in [9.17, 15) is 14.4 Å². The number of rotatable bonds is 6. The maximum absolute atomic E-state index is 11.8. The first-order valence-corrected chi connectivity index (χ1v) is 6.49. The number of carbonyl (C=O) groups is 3. The Balaban J connectivity index is 2.71. The highest BCUT2D eigenvalue weighted by atomic mass is 127. The van der Waals surface area contributed by atoms with E-state index in [4.69, 9.17) is 10.2 Å². The number of hydrogen-bond donors (Lipinski definition) is 3. The molecule has 0 aromatic heterocycles. The van der Waals surface area contributed by atoms with Gasteiger partial charge in [0.05, 0.1) is 0 Å². The van der Waals surface area contributed by atoms with E-state index in [1.54, 1.807) is 24.3 Å². The van der Waals surface area contributed by atoms with E-state index in [1.165, 1.54) is 0 Å². The smallest absolute Gasteiger partial charge is 0.326 e. The summed E-state index contributed by atoms with van der Waals surface area (Å²) in [5, 5.41) is 19.8. The molecule has 0 spiro atoms. The minimum absolute atomic E-state index is 0.152. The van der Waals surface area contributed by atoms with E-state index in [0.29, 0.717) is 5.56 Å². The van der Waals surface area contributed by atoms with Gasteiger partial charge in [-0.15, -0.1) is 0 Å². The zero-order valence-corrected chi connectivity index (χ0v) is 12.0. The van der Waals surface area contributed by atoms with Gasteiger partial charge in [0.25, 0.3) is 5.91 Å². The van der Waals surface area contributed by atoms with Crippen LogP contribution in [-0.4, -0.2) is 34.1 Å². The number of amides is 1. The number of carboxylic acid groups (broad SMARTS) is 2. The Morgan fingerprint density at radius 2 is 1.95 bits per heavy atom. The van der Waals surface area contributed by atoms with E-state index in [0.717, 1.165) is 3.57 Å². The van der Waals surface area contributed by atoms with Crippen LogP contribution < -0.4 is 5.32 Å². The van der Waals surface area contributed by atoms with Crippen molar-refractivity contribution in [2.75, 3.05) is 0 Å². The van der Waals surface area contributed by atoms with Crippen LogP contribution in [0.1, 0.15) is 23.2 Å². The predicted octanol–water partition coefficient (Wildman–Crippen LogP) is 1.34. The molecule has 6 nitrogen and oxygen atoms in total. The number of hydrogen-bond acceptors (Lipinski definition) is 3. The van der Waals surface area contributed by atoms with Gasteiger partial charge in [-0.2, -0.15) is 0 Å². The molecule has 102 valence electrons. The van der Waals surface area contributed by atoms with Crippen LogP contribution in [0.5, 0.6) is 0 Å². The van der Waals surface area contributed by atoms with Gasteiger partial charge in [-0.1, -0.05) is 6.07 Å². The van der Waals surface area contributed by atoms with Crippen LogP contribution >= 0.6 is 22.6 Å². The summed E-state index contributed by atoms with van der Waals surface area (Å²) >= 11 is 2.04. The molecular formula is C12H12INO5. The van der Waals surface area contributed by atoms with E-state index >= 15 is 0 Å². The molecule has 1 aromatic rings. The lowest BCUT2D eigenvalue weighted by Gasteiger charge is -2.13. The first-order chi connectivity index (χ1) is 8.90. The van der Waals surface area contributed by atoms with Crippen LogP contribution in [0, 0.1) is 3.57 Å². The predicted molar refractivity (Wildman–Crippen MR) is 74.9 cm³/mol. The quantitative estimate of drug-likeness (QED) is 0.650. The zero-order valence-electron chi connectivity index (χ0n) is 9.80. The molecule has 1 atom stereocenters. The van der Waals surface area contributed by atoms with Gasteiger partial charge in [-0.25, -0.2) is 4.79 Å². The highest BCUT2D eigenvalue weighted by Gasteiger charge is 2.21. The summed E-state index contributed by atoms with van der Waals surface area (Å²) in [6.07, 6.45) is -0.468. The van der Waals surface area contributed by atoms with E-state index < -0.39 is 23.9 Å². The highest BCUT2D eigenvalue weighted by molar-refractivity contribution is 14.1. The molecule has 1 aromatic carbocycles. The maximum Gasteiger partial charge on any atom is 0.326 e. The summed E-state index contributed by atoms with van der Waals surface area (Å²) in [5.41, 5.74) is 0.341. The minimum atomic E-state index is -1.25. The molecule has 0 fully saturated rings. The minimum Gasteiger partial charge on any atom is -0.481 e. The fourth-order valence-corrected chi connectivity index (χ4v) is 1.94. The van der Waals surface area contributed by atoms with Crippen LogP contribution in [0.4, 0.5) is 0 Å². The van der Waals surface area contributed by atoms with Crippen molar-refractivity contribution in [1.29, 1.82) is 0 Å². The van der Waals surface area contributed by atoms with Crippen LogP contribution in [0.3, 0.4) is 0 Å². The van der Waals surface area contributed by atoms with Crippen molar-refractivity contribution < 1.29 is 24.6 Å². The molecule has 0 bridgehead atoms. The van der Waals surface area contributed by atoms with Gasteiger partial charge in [0.15, 0.2) is 0 Å². The molecule has 7 heteroatoms. The van der Waals surface area contributed by atoms with Gasteiger partial charge < -0.3 is 15.5 Å². The van der Waals surface area contributed by atoms with Crippen LogP contribution in [0.2, 0.25) is 0 Å². The van der Waals surface area contributed by atoms with Gasteiger partial charge in [-0.3, -0.25) is 9.59 Å². The lowest BCUT2D eigenvalue weighted by atomic mass is 10.1. The van der Waals surface area contributed by atoms with Crippen molar-refractivity contribution in [2.45, 2.75) is 18.9 Å². The van der Waals surface area contributed by atoms with Crippen molar-refractivity contribution in [1.82, 2.24) is 5.32 Å². The molecule has 0 heterocycles.